The molecule has 0 aliphatic carbocycles. The monoisotopic (exact) mass is 293 g/mol. The molecule has 1 atom stereocenters. The lowest BCUT2D eigenvalue weighted by molar-refractivity contribution is -0.117. The summed E-state index contributed by atoms with van der Waals surface area (Å²) in [5.74, 6) is -0.0874. The first-order valence-corrected chi connectivity index (χ1v) is 6.28. The molecule has 17 heavy (non-hydrogen) atoms. The van der Waals surface area contributed by atoms with E-state index >= 15 is 0 Å². The highest BCUT2D eigenvalue weighted by atomic mass is 79.9. The van der Waals surface area contributed by atoms with Crippen molar-refractivity contribution in [3.8, 4) is 0 Å². The topological polar surface area (TPSA) is 29.1 Å². The first kappa shape index (κ1) is 13.7. The van der Waals surface area contributed by atoms with Gasteiger partial charge in [-0.1, -0.05) is 46.3 Å². The highest BCUT2D eigenvalue weighted by molar-refractivity contribution is 9.10. The van der Waals surface area contributed by atoms with Crippen LogP contribution in [0.15, 0.2) is 53.0 Å². The minimum atomic E-state index is -0.0874. The van der Waals surface area contributed by atoms with Crippen LogP contribution in [-0.2, 0) is 4.79 Å². The number of carbonyl (C=O) groups is 1. The van der Waals surface area contributed by atoms with E-state index in [1.807, 2.05) is 50.3 Å². The SMILES string of the molecule is C/C=C/C=C/C(=O)NC(C)c1cccc(Br)c1. The molecule has 1 aromatic rings. The van der Waals surface area contributed by atoms with Crippen LogP contribution in [-0.4, -0.2) is 5.91 Å². The Labute approximate surface area is 111 Å². The third-order valence-electron chi connectivity index (χ3n) is 2.26. The number of benzene rings is 1. The molecule has 2 nitrogen and oxygen atoms in total. The Bertz CT molecular complexity index is 438. The lowest BCUT2D eigenvalue weighted by atomic mass is 10.1. The summed E-state index contributed by atoms with van der Waals surface area (Å²) in [6.07, 6.45) is 6.95. The van der Waals surface area contributed by atoms with E-state index in [1.54, 1.807) is 6.08 Å². The zero-order valence-electron chi connectivity index (χ0n) is 9.98. The summed E-state index contributed by atoms with van der Waals surface area (Å²) < 4.78 is 1.01. The summed E-state index contributed by atoms with van der Waals surface area (Å²) in [7, 11) is 0. The van der Waals surface area contributed by atoms with Gasteiger partial charge in [-0.25, -0.2) is 0 Å². The summed E-state index contributed by atoms with van der Waals surface area (Å²) in [4.78, 5) is 11.5. The van der Waals surface area contributed by atoms with Gasteiger partial charge < -0.3 is 5.32 Å². The highest BCUT2D eigenvalue weighted by Gasteiger charge is 2.07. The van der Waals surface area contributed by atoms with Crippen molar-refractivity contribution in [1.82, 2.24) is 5.32 Å². The number of carbonyl (C=O) groups excluding carboxylic acids is 1. The van der Waals surface area contributed by atoms with Crippen LogP contribution in [0.4, 0.5) is 0 Å². The molecule has 0 aromatic heterocycles. The van der Waals surface area contributed by atoms with Gasteiger partial charge in [0.05, 0.1) is 6.04 Å². The van der Waals surface area contributed by atoms with Crippen LogP contribution in [0.2, 0.25) is 0 Å². The van der Waals surface area contributed by atoms with Crippen molar-refractivity contribution in [2.75, 3.05) is 0 Å². The molecule has 3 heteroatoms. The second-order valence-corrected chi connectivity index (χ2v) is 4.59. The van der Waals surface area contributed by atoms with Crippen LogP contribution in [0.3, 0.4) is 0 Å². The van der Waals surface area contributed by atoms with Gasteiger partial charge in [-0.3, -0.25) is 4.79 Å². The molecule has 1 aromatic carbocycles. The standard InChI is InChI=1S/C14H16BrNO/c1-3-4-5-9-14(17)16-11(2)12-7-6-8-13(15)10-12/h3-11H,1-2H3,(H,16,17)/b4-3+,9-5+. The maximum Gasteiger partial charge on any atom is 0.244 e. The van der Waals surface area contributed by atoms with Gasteiger partial charge in [0.15, 0.2) is 0 Å². The van der Waals surface area contributed by atoms with Gasteiger partial charge >= 0.3 is 0 Å². The average Bonchev–Trinajstić information content (AvgIpc) is 2.29. The summed E-state index contributed by atoms with van der Waals surface area (Å²) in [6, 6.07) is 7.91. The third-order valence-corrected chi connectivity index (χ3v) is 2.75. The van der Waals surface area contributed by atoms with Crippen LogP contribution in [0.1, 0.15) is 25.5 Å². The minimum absolute atomic E-state index is 0.00439. The Balaban J connectivity index is 2.60. The fourth-order valence-electron chi connectivity index (χ4n) is 1.37. The van der Waals surface area contributed by atoms with Gasteiger partial charge in [0.25, 0.3) is 0 Å². The van der Waals surface area contributed by atoms with E-state index in [0.717, 1.165) is 10.0 Å². The number of hydrogen-bond donors (Lipinski definition) is 1. The van der Waals surface area contributed by atoms with Crippen molar-refractivity contribution in [2.24, 2.45) is 0 Å². The number of amides is 1. The van der Waals surface area contributed by atoms with Crippen molar-refractivity contribution in [3.63, 3.8) is 0 Å². The van der Waals surface area contributed by atoms with Gasteiger partial charge in [-0.2, -0.15) is 0 Å². The molecule has 0 heterocycles. The third kappa shape index (κ3) is 5.00. The Morgan fingerprint density at radius 3 is 2.82 bits per heavy atom. The fraction of sp³-hybridized carbons (Fsp3) is 0.214. The van der Waals surface area contributed by atoms with Gasteiger partial charge in [0, 0.05) is 10.5 Å². The Hall–Kier alpha value is -1.35. The molecule has 0 saturated carbocycles. The quantitative estimate of drug-likeness (QED) is 0.665. The predicted octanol–water partition coefficient (Wildman–Crippen LogP) is 3.76. The molecule has 0 fully saturated rings. The summed E-state index contributed by atoms with van der Waals surface area (Å²) >= 11 is 3.41. The van der Waals surface area contributed by atoms with E-state index < -0.39 is 0 Å². The Morgan fingerprint density at radius 1 is 1.41 bits per heavy atom. The van der Waals surface area contributed by atoms with E-state index in [0.29, 0.717) is 0 Å². The predicted molar refractivity (Wildman–Crippen MR) is 74.7 cm³/mol. The van der Waals surface area contributed by atoms with Gasteiger partial charge in [0.2, 0.25) is 5.91 Å². The molecule has 0 radical (unpaired) electrons. The van der Waals surface area contributed by atoms with Crippen LogP contribution >= 0.6 is 15.9 Å². The van der Waals surface area contributed by atoms with Gasteiger partial charge in [0.1, 0.15) is 0 Å². The lowest BCUT2D eigenvalue weighted by Gasteiger charge is -2.13. The maximum absolute atomic E-state index is 11.5. The molecule has 0 aliphatic heterocycles. The zero-order chi connectivity index (χ0) is 12.7. The minimum Gasteiger partial charge on any atom is -0.346 e. The van der Waals surface area contributed by atoms with Crippen LogP contribution in [0.5, 0.6) is 0 Å². The van der Waals surface area contributed by atoms with Crippen molar-refractivity contribution >= 4 is 21.8 Å². The van der Waals surface area contributed by atoms with Gasteiger partial charge in [-0.15, -0.1) is 0 Å². The van der Waals surface area contributed by atoms with E-state index in [1.165, 1.54) is 6.08 Å². The van der Waals surface area contributed by atoms with Crippen molar-refractivity contribution in [1.29, 1.82) is 0 Å². The van der Waals surface area contributed by atoms with Crippen molar-refractivity contribution < 1.29 is 4.79 Å². The number of nitrogens with one attached hydrogen (secondary N) is 1. The molecular formula is C14H16BrNO. The summed E-state index contributed by atoms with van der Waals surface area (Å²) in [6.45, 7) is 3.87. The highest BCUT2D eigenvalue weighted by Crippen LogP contribution is 2.17. The molecule has 1 unspecified atom stereocenters. The van der Waals surface area contributed by atoms with E-state index in [-0.39, 0.29) is 11.9 Å². The number of rotatable bonds is 4. The van der Waals surface area contributed by atoms with Crippen molar-refractivity contribution in [3.05, 3.63) is 58.6 Å². The fourth-order valence-corrected chi connectivity index (χ4v) is 1.79. The molecule has 0 aliphatic rings. The number of hydrogen-bond acceptors (Lipinski definition) is 1. The van der Waals surface area contributed by atoms with Gasteiger partial charge in [-0.05, 0) is 31.5 Å². The normalized spacial score (nSPS) is 13.1. The Kier molecular flexibility index (Phi) is 5.70. The largest absolute Gasteiger partial charge is 0.346 e. The lowest BCUT2D eigenvalue weighted by Crippen LogP contribution is -2.24. The van der Waals surface area contributed by atoms with Crippen molar-refractivity contribution in [2.45, 2.75) is 19.9 Å². The molecule has 0 saturated heterocycles. The molecule has 0 spiro atoms. The average molecular weight is 294 g/mol. The maximum atomic E-state index is 11.5. The molecule has 0 bridgehead atoms. The number of halogens is 1. The van der Waals surface area contributed by atoms with Crippen LogP contribution in [0.25, 0.3) is 0 Å². The van der Waals surface area contributed by atoms with Crippen LogP contribution in [0, 0.1) is 0 Å². The first-order chi connectivity index (χ1) is 8.13. The molecular weight excluding hydrogens is 278 g/mol. The molecule has 1 N–H and O–H groups in total. The molecule has 1 amide bonds. The summed E-state index contributed by atoms with van der Waals surface area (Å²) in [5, 5.41) is 2.90. The second-order valence-electron chi connectivity index (χ2n) is 3.67. The zero-order valence-corrected chi connectivity index (χ0v) is 11.6. The molecule has 90 valence electrons. The smallest absolute Gasteiger partial charge is 0.244 e. The molecule has 1 rings (SSSR count). The number of allylic oxidation sites excluding steroid dienone is 3. The summed E-state index contributed by atoms with van der Waals surface area (Å²) in [5.41, 5.74) is 1.08. The van der Waals surface area contributed by atoms with Crippen LogP contribution < -0.4 is 5.32 Å². The Morgan fingerprint density at radius 2 is 2.18 bits per heavy atom. The van der Waals surface area contributed by atoms with E-state index in [2.05, 4.69) is 21.2 Å². The second kappa shape index (κ2) is 7.07. The first-order valence-electron chi connectivity index (χ1n) is 5.49. The van der Waals surface area contributed by atoms with E-state index in [9.17, 15) is 4.79 Å². The van der Waals surface area contributed by atoms with E-state index in [4.69, 9.17) is 0 Å².